The highest BCUT2D eigenvalue weighted by atomic mass is 79.9. The Morgan fingerprint density at radius 2 is 2.00 bits per heavy atom. The van der Waals surface area contributed by atoms with Crippen molar-refractivity contribution in [1.82, 2.24) is 9.97 Å². The molecule has 0 atom stereocenters. The molecule has 1 aromatic carbocycles. The third-order valence-electron chi connectivity index (χ3n) is 3.42. The molecule has 0 unspecified atom stereocenters. The second-order valence-corrected chi connectivity index (χ2v) is 5.99. The standard InChI is InChI=1S/C14H15BrFN5/c1-7-12(18-11-6-9(15)4-5-10(11)16)19-14(8-2-3-8)20-13(7)21-17/h4-6,8H,2-3,17H2,1H3,(H2,18,19,20,21). The first-order chi connectivity index (χ1) is 10.1. The van der Waals surface area contributed by atoms with Crippen molar-refractivity contribution in [2.24, 2.45) is 5.84 Å². The van der Waals surface area contributed by atoms with E-state index in [1.54, 1.807) is 12.1 Å². The second-order valence-electron chi connectivity index (χ2n) is 5.07. The van der Waals surface area contributed by atoms with Crippen molar-refractivity contribution in [2.75, 3.05) is 10.7 Å². The number of nitrogens with two attached hydrogens (primary N) is 1. The second kappa shape index (κ2) is 5.57. The molecule has 0 amide bonds. The van der Waals surface area contributed by atoms with E-state index in [1.807, 2.05) is 6.92 Å². The van der Waals surface area contributed by atoms with E-state index in [0.29, 0.717) is 23.2 Å². The lowest BCUT2D eigenvalue weighted by Crippen LogP contribution is -2.14. The van der Waals surface area contributed by atoms with E-state index in [1.165, 1.54) is 6.07 Å². The van der Waals surface area contributed by atoms with Crippen molar-refractivity contribution in [1.29, 1.82) is 0 Å². The van der Waals surface area contributed by atoms with Crippen LogP contribution in [0.4, 0.5) is 21.7 Å². The zero-order valence-electron chi connectivity index (χ0n) is 11.5. The molecule has 21 heavy (non-hydrogen) atoms. The lowest BCUT2D eigenvalue weighted by molar-refractivity contribution is 0.631. The molecule has 0 bridgehead atoms. The summed E-state index contributed by atoms with van der Waals surface area (Å²) in [6.07, 6.45) is 2.16. The minimum absolute atomic E-state index is 0.341. The van der Waals surface area contributed by atoms with Gasteiger partial charge in [-0.25, -0.2) is 20.2 Å². The highest BCUT2D eigenvalue weighted by Gasteiger charge is 2.28. The number of hydrogen-bond donors (Lipinski definition) is 3. The predicted molar refractivity (Wildman–Crippen MR) is 83.9 cm³/mol. The van der Waals surface area contributed by atoms with E-state index < -0.39 is 0 Å². The summed E-state index contributed by atoms with van der Waals surface area (Å²) in [5, 5.41) is 3.03. The number of nitrogens with zero attached hydrogens (tertiary/aromatic N) is 2. The Balaban J connectivity index is 2.00. The number of benzene rings is 1. The fraction of sp³-hybridized carbons (Fsp3) is 0.286. The van der Waals surface area contributed by atoms with E-state index in [2.05, 4.69) is 36.6 Å². The van der Waals surface area contributed by atoms with Crippen LogP contribution in [0.5, 0.6) is 0 Å². The smallest absolute Gasteiger partial charge is 0.148 e. The van der Waals surface area contributed by atoms with Gasteiger partial charge in [0.2, 0.25) is 0 Å². The van der Waals surface area contributed by atoms with Crippen molar-refractivity contribution in [3.8, 4) is 0 Å². The summed E-state index contributed by atoms with van der Waals surface area (Å²) in [5.74, 6) is 7.41. The molecule has 1 fully saturated rings. The zero-order valence-corrected chi connectivity index (χ0v) is 13.0. The third-order valence-corrected chi connectivity index (χ3v) is 3.92. The molecular weight excluding hydrogens is 337 g/mol. The van der Waals surface area contributed by atoms with Crippen LogP contribution in [0.25, 0.3) is 0 Å². The maximum Gasteiger partial charge on any atom is 0.148 e. The van der Waals surface area contributed by atoms with Crippen LogP contribution in [0.3, 0.4) is 0 Å². The Labute approximate surface area is 130 Å². The predicted octanol–water partition coefficient (Wildman–Crippen LogP) is 3.59. The van der Waals surface area contributed by atoms with Crippen molar-refractivity contribution in [2.45, 2.75) is 25.7 Å². The van der Waals surface area contributed by atoms with E-state index >= 15 is 0 Å². The van der Waals surface area contributed by atoms with E-state index in [0.717, 1.165) is 28.7 Å². The fourth-order valence-corrected chi connectivity index (χ4v) is 2.40. The Morgan fingerprint density at radius 1 is 1.29 bits per heavy atom. The van der Waals surface area contributed by atoms with Crippen LogP contribution in [0, 0.1) is 12.7 Å². The number of aromatic nitrogens is 2. The van der Waals surface area contributed by atoms with E-state index in [-0.39, 0.29) is 5.82 Å². The van der Waals surface area contributed by atoms with Gasteiger partial charge in [0.05, 0.1) is 5.69 Å². The number of nitrogens with one attached hydrogen (secondary N) is 2. The highest BCUT2D eigenvalue weighted by Crippen LogP contribution is 2.40. The summed E-state index contributed by atoms with van der Waals surface area (Å²) >= 11 is 3.33. The van der Waals surface area contributed by atoms with Gasteiger partial charge >= 0.3 is 0 Å². The van der Waals surface area contributed by atoms with Crippen LogP contribution in [0.2, 0.25) is 0 Å². The molecular formula is C14H15BrFN5. The summed E-state index contributed by atoms with van der Waals surface area (Å²) in [4.78, 5) is 8.91. The molecule has 1 heterocycles. The Hall–Kier alpha value is -1.73. The largest absolute Gasteiger partial charge is 0.337 e. The van der Waals surface area contributed by atoms with Gasteiger partial charge in [-0.3, -0.25) is 0 Å². The van der Waals surface area contributed by atoms with Gasteiger partial charge in [0, 0.05) is 16.0 Å². The molecule has 7 heteroatoms. The highest BCUT2D eigenvalue weighted by molar-refractivity contribution is 9.10. The van der Waals surface area contributed by atoms with Crippen LogP contribution in [-0.2, 0) is 0 Å². The number of anilines is 3. The fourth-order valence-electron chi connectivity index (χ4n) is 2.04. The van der Waals surface area contributed by atoms with Gasteiger partial charge in [-0.2, -0.15) is 0 Å². The Kier molecular flexibility index (Phi) is 3.77. The summed E-state index contributed by atoms with van der Waals surface area (Å²) in [5.41, 5.74) is 3.68. The minimum atomic E-state index is -0.341. The number of rotatable bonds is 4. The SMILES string of the molecule is Cc1c(NN)nc(C2CC2)nc1Nc1cc(Br)ccc1F. The van der Waals surface area contributed by atoms with Crippen LogP contribution in [0.1, 0.15) is 30.1 Å². The third kappa shape index (κ3) is 2.98. The quantitative estimate of drug-likeness (QED) is 0.579. The first-order valence-electron chi connectivity index (χ1n) is 6.65. The summed E-state index contributed by atoms with van der Waals surface area (Å²) in [6.45, 7) is 1.84. The lowest BCUT2D eigenvalue weighted by Gasteiger charge is -2.14. The maximum absolute atomic E-state index is 13.9. The molecule has 0 saturated heterocycles. The number of hydrogen-bond acceptors (Lipinski definition) is 5. The Bertz CT molecular complexity index is 687. The number of nitrogen functional groups attached to an aromatic ring is 1. The van der Waals surface area contributed by atoms with Crippen LogP contribution in [-0.4, -0.2) is 9.97 Å². The number of halogens is 2. The van der Waals surface area contributed by atoms with Gasteiger partial charge in [0.25, 0.3) is 0 Å². The van der Waals surface area contributed by atoms with Crippen molar-refractivity contribution >= 4 is 33.3 Å². The molecule has 1 aromatic heterocycles. The van der Waals surface area contributed by atoms with Gasteiger partial charge in [-0.05, 0) is 38.0 Å². The van der Waals surface area contributed by atoms with Gasteiger partial charge in [0.15, 0.2) is 0 Å². The first kappa shape index (κ1) is 14.2. The summed E-state index contributed by atoms with van der Waals surface area (Å²) in [7, 11) is 0. The minimum Gasteiger partial charge on any atom is -0.337 e. The average molecular weight is 352 g/mol. The molecule has 0 aliphatic heterocycles. The normalized spacial score (nSPS) is 14.1. The molecule has 1 aliphatic carbocycles. The molecule has 1 aliphatic rings. The molecule has 4 N–H and O–H groups in total. The van der Waals surface area contributed by atoms with Crippen molar-refractivity contribution in [3.63, 3.8) is 0 Å². The average Bonchev–Trinajstić information content (AvgIpc) is 3.29. The Morgan fingerprint density at radius 3 is 2.67 bits per heavy atom. The molecule has 2 aromatic rings. The molecule has 1 saturated carbocycles. The maximum atomic E-state index is 13.9. The molecule has 5 nitrogen and oxygen atoms in total. The van der Waals surface area contributed by atoms with Crippen molar-refractivity contribution in [3.05, 3.63) is 39.9 Å². The van der Waals surface area contributed by atoms with Gasteiger partial charge in [-0.1, -0.05) is 15.9 Å². The van der Waals surface area contributed by atoms with Crippen LogP contribution >= 0.6 is 15.9 Å². The molecule has 3 rings (SSSR count). The van der Waals surface area contributed by atoms with Gasteiger partial charge in [-0.15, -0.1) is 0 Å². The molecule has 0 radical (unpaired) electrons. The first-order valence-corrected chi connectivity index (χ1v) is 7.45. The van der Waals surface area contributed by atoms with Crippen molar-refractivity contribution < 1.29 is 4.39 Å². The van der Waals surface area contributed by atoms with Crippen LogP contribution in [0.15, 0.2) is 22.7 Å². The molecule has 0 spiro atoms. The summed E-state index contributed by atoms with van der Waals surface area (Å²) in [6, 6.07) is 4.71. The van der Waals surface area contributed by atoms with Crippen LogP contribution < -0.4 is 16.6 Å². The zero-order chi connectivity index (χ0) is 15.0. The van der Waals surface area contributed by atoms with Gasteiger partial charge < -0.3 is 10.7 Å². The lowest BCUT2D eigenvalue weighted by atomic mass is 10.2. The molecule has 110 valence electrons. The monoisotopic (exact) mass is 351 g/mol. The summed E-state index contributed by atoms with van der Waals surface area (Å²) < 4.78 is 14.7. The topological polar surface area (TPSA) is 75.9 Å². The van der Waals surface area contributed by atoms with E-state index in [9.17, 15) is 4.39 Å². The van der Waals surface area contributed by atoms with E-state index in [4.69, 9.17) is 5.84 Å². The van der Waals surface area contributed by atoms with Gasteiger partial charge in [0.1, 0.15) is 23.3 Å². The number of hydrazine groups is 1.